The van der Waals surface area contributed by atoms with Crippen LogP contribution >= 0.6 is 0 Å². The van der Waals surface area contributed by atoms with Crippen LogP contribution in [-0.4, -0.2) is 31.6 Å². The van der Waals surface area contributed by atoms with E-state index in [1.54, 1.807) is 39.0 Å². The van der Waals surface area contributed by atoms with Crippen LogP contribution in [0.2, 0.25) is 0 Å². The number of ether oxygens (including phenoxy) is 2. The minimum absolute atomic E-state index is 0.0506. The number of amides is 1. The van der Waals surface area contributed by atoms with Gasteiger partial charge in [0.1, 0.15) is 0 Å². The number of halogens is 3. The van der Waals surface area contributed by atoms with Gasteiger partial charge in [-0.3, -0.25) is 4.79 Å². The predicted molar refractivity (Wildman–Crippen MR) is 105 cm³/mol. The first-order valence-electron chi connectivity index (χ1n) is 9.31. The molecule has 0 saturated carbocycles. The summed E-state index contributed by atoms with van der Waals surface area (Å²) in [5.74, 6) is 0.964. The summed E-state index contributed by atoms with van der Waals surface area (Å²) in [5, 5.41) is 0. The number of nitrogens with zero attached hydrogens (tertiary/aromatic N) is 1. The second-order valence-corrected chi connectivity index (χ2v) is 7.05. The number of hydrogen-bond donors (Lipinski definition) is 0. The Morgan fingerprint density at radius 1 is 0.966 bits per heavy atom. The smallest absolute Gasteiger partial charge is 0.416 e. The molecule has 0 atom stereocenters. The molecule has 2 rings (SSSR count). The molecule has 158 valence electrons. The minimum Gasteiger partial charge on any atom is -0.493 e. The molecule has 29 heavy (non-hydrogen) atoms. The molecular formula is C22H26F3NO3. The van der Waals surface area contributed by atoms with Gasteiger partial charge in [0.15, 0.2) is 11.5 Å². The van der Waals surface area contributed by atoms with Gasteiger partial charge in [-0.2, -0.15) is 13.2 Å². The highest BCUT2D eigenvalue weighted by atomic mass is 19.4. The third-order valence-corrected chi connectivity index (χ3v) is 4.58. The molecule has 2 aromatic rings. The van der Waals surface area contributed by atoms with E-state index in [0.717, 1.165) is 17.7 Å². The van der Waals surface area contributed by atoms with Crippen LogP contribution in [0.25, 0.3) is 0 Å². The Morgan fingerprint density at radius 3 is 2.07 bits per heavy atom. The Bertz CT molecular complexity index is 817. The van der Waals surface area contributed by atoms with Crippen LogP contribution in [0.1, 0.15) is 30.5 Å². The van der Waals surface area contributed by atoms with E-state index in [9.17, 15) is 18.0 Å². The van der Waals surface area contributed by atoms with E-state index in [4.69, 9.17) is 9.47 Å². The Morgan fingerprint density at radius 2 is 1.55 bits per heavy atom. The molecule has 1 amide bonds. The van der Waals surface area contributed by atoms with Crippen molar-refractivity contribution < 1.29 is 27.4 Å². The van der Waals surface area contributed by atoms with Crippen LogP contribution in [0.3, 0.4) is 0 Å². The predicted octanol–water partition coefficient (Wildman–Crippen LogP) is 4.95. The first kappa shape index (κ1) is 22.6. The molecule has 0 heterocycles. The lowest BCUT2D eigenvalue weighted by molar-refractivity contribution is -0.138. The average Bonchev–Trinajstić information content (AvgIpc) is 2.69. The summed E-state index contributed by atoms with van der Waals surface area (Å²) >= 11 is 0. The van der Waals surface area contributed by atoms with Gasteiger partial charge in [-0.05, 0) is 41.8 Å². The third kappa shape index (κ3) is 6.14. The Labute approximate surface area is 169 Å². The van der Waals surface area contributed by atoms with Gasteiger partial charge in [0, 0.05) is 19.0 Å². The van der Waals surface area contributed by atoms with Crippen LogP contribution in [-0.2, 0) is 23.9 Å². The summed E-state index contributed by atoms with van der Waals surface area (Å²) in [5.41, 5.74) is 0.921. The van der Waals surface area contributed by atoms with Gasteiger partial charge in [-0.1, -0.05) is 32.0 Å². The van der Waals surface area contributed by atoms with E-state index in [0.29, 0.717) is 30.0 Å². The molecule has 2 aromatic carbocycles. The molecule has 0 N–H and O–H groups in total. The quantitative estimate of drug-likeness (QED) is 0.619. The number of alkyl halides is 3. The van der Waals surface area contributed by atoms with Crippen molar-refractivity contribution in [2.24, 2.45) is 5.92 Å². The molecule has 0 aromatic heterocycles. The van der Waals surface area contributed by atoms with Crippen molar-refractivity contribution in [2.45, 2.75) is 33.0 Å². The van der Waals surface area contributed by atoms with E-state index in [-0.39, 0.29) is 18.4 Å². The Kier molecular flexibility index (Phi) is 7.53. The van der Waals surface area contributed by atoms with E-state index in [1.807, 2.05) is 12.1 Å². The SMILES string of the molecule is COc1ccc(CCN(Cc2ccc(C(F)(F)F)cc2)C(=O)C(C)C)cc1OC. The number of rotatable bonds is 8. The highest BCUT2D eigenvalue weighted by molar-refractivity contribution is 5.78. The molecule has 0 aliphatic heterocycles. The standard InChI is InChI=1S/C22H26F3NO3/c1-15(2)21(27)26(14-17-5-8-18(9-6-17)22(23,24)25)12-11-16-7-10-19(28-3)20(13-16)29-4/h5-10,13,15H,11-12,14H2,1-4H3. The molecule has 0 aliphatic carbocycles. The monoisotopic (exact) mass is 409 g/mol. The first-order chi connectivity index (χ1) is 13.7. The number of carbonyl (C=O) groups excluding carboxylic acids is 1. The average molecular weight is 409 g/mol. The van der Waals surface area contributed by atoms with Crippen molar-refractivity contribution in [1.82, 2.24) is 4.90 Å². The molecule has 0 spiro atoms. The maximum absolute atomic E-state index is 12.8. The zero-order valence-electron chi connectivity index (χ0n) is 17.0. The highest BCUT2D eigenvalue weighted by Crippen LogP contribution is 2.30. The minimum atomic E-state index is -4.38. The van der Waals surface area contributed by atoms with Crippen LogP contribution in [0.5, 0.6) is 11.5 Å². The van der Waals surface area contributed by atoms with Crippen LogP contribution in [0.4, 0.5) is 13.2 Å². The number of carbonyl (C=O) groups is 1. The van der Waals surface area contributed by atoms with Gasteiger partial charge in [0.25, 0.3) is 0 Å². The highest BCUT2D eigenvalue weighted by Gasteiger charge is 2.30. The lowest BCUT2D eigenvalue weighted by Crippen LogP contribution is -2.35. The largest absolute Gasteiger partial charge is 0.493 e. The fraction of sp³-hybridized carbons (Fsp3) is 0.409. The maximum Gasteiger partial charge on any atom is 0.416 e. The molecule has 0 saturated heterocycles. The van der Waals surface area contributed by atoms with Gasteiger partial charge in [0.2, 0.25) is 5.91 Å². The van der Waals surface area contributed by atoms with E-state index >= 15 is 0 Å². The van der Waals surface area contributed by atoms with Crippen molar-refractivity contribution in [3.8, 4) is 11.5 Å². The third-order valence-electron chi connectivity index (χ3n) is 4.58. The van der Waals surface area contributed by atoms with Crippen molar-refractivity contribution in [3.63, 3.8) is 0 Å². The van der Waals surface area contributed by atoms with E-state index < -0.39 is 11.7 Å². The number of hydrogen-bond acceptors (Lipinski definition) is 3. The molecule has 0 radical (unpaired) electrons. The van der Waals surface area contributed by atoms with Crippen molar-refractivity contribution >= 4 is 5.91 Å². The summed E-state index contributed by atoms with van der Waals surface area (Å²) in [6, 6.07) is 10.5. The Balaban J connectivity index is 2.14. The molecule has 7 heteroatoms. The van der Waals surface area contributed by atoms with E-state index in [1.165, 1.54) is 12.1 Å². The van der Waals surface area contributed by atoms with Crippen LogP contribution in [0.15, 0.2) is 42.5 Å². The summed E-state index contributed by atoms with van der Waals surface area (Å²) in [7, 11) is 3.12. The molecule has 0 fully saturated rings. The first-order valence-corrected chi connectivity index (χ1v) is 9.31. The zero-order valence-corrected chi connectivity index (χ0v) is 17.0. The lowest BCUT2D eigenvalue weighted by atomic mass is 10.1. The van der Waals surface area contributed by atoms with Crippen molar-refractivity contribution in [1.29, 1.82) is 0 Å². The van der Waals surface area contributed by atoms with Crippen LogP contribution < -0.4 is 9.47 Å². The van der Waals surface area contributed by atoms with Gasteiger partial charge >= 0.3 is 6.18 Å². The van der Waals surface area contributed by atoms with Gasteiger partial charge in [-0.15, -0.1) is 0 Å². The van der Waals surface area contributed by atoms with Gasteiger partial charge < -0.3 is 14.4 Å². The van der Waals surface area contributed by atoms with E-state index in [2.05, 4.69) is 0 Å². The lowest BCUT2D eigenvalue weighted by Gasteiger charge is -2.25. The fourth-order valence-electron chi connectivity index (χ4n) is 2.95. The molecule has 0 aliphatic rings. The summed E-state index contributed by atoms with van der Waals surface area (Å²) in [4.78, 5) is 14.3. The topological polar surface area (TPSA) is 38.8 Å². The second-order valence-electron chi connectivity index (χ2n) is 7.05. The number of benzene rings is 2. The van der Waals surface area contributed by atoms with Gasteiger partial charge in [-0.25, -0.2) is 0 Å². The normalized spacial score (nSPS) is 11.4. The van der Waals surface area contributed by atoms with Crippen LogP contribution in [0, 0.1) is 5.92 Å². The molecule has 0 unspecified atom stereocenters. The fourth-order valence-corrected chi connectivity index (χ4v) is 2.95. The molecule has 0 bridgehead atoms. The molecular weight excluding hydrogens is 383 g/mol. The second kappa shape index (κ2) is 9.67. The Hall–Kier alpha value is -2.70. The summed E-state index contributed by atoms with van der Waals surface area (Å²) in [6.07, 6.45) is -3.79. The summed E-state index contributed by atoms with van der Waals surface area (Å²) < 4.78 is 48.8. The van der Waals surface area contributed by atoms with Crippen molar-refractivity contribution in [3.05, 3.63) is 59.2 Å². The number of methoxy groups -OCH3 is 2. The van der Waals surface area contributed by atoms with Gasteiger partial charge in [0.05, 0.1) is 19.8 Å². The zero-order chi connectivity index (χ0) is 21.6. The molecule has 4 nitrogen and oxygen atoms in total. The van der Waals surface area contributed by atoms with Crippen molar-refractivity contribution in [2.75, 3.05) is 20.8 Å². The summed E-state index contributed by atoms with van der Waals surface area (Å²) in [6.45, 7) is 4.30. The maximum atomic E-state index is 12.8.